The van der Waals surface area contributed by atoms with Gasteiger partial charge >= 0.3 is 0 Å². The van der Waals surface area contributed by atoms with E-state index in [9.17, 15) is 4.39 Å². The van der Waals surface area contributed by atoms with Gasteiger partial charge in [0.2, 0.25) is 0 Å². The molecule has 1 aromatic carbocycles. The van der Waals surface area contributed by atoms with Gasteiger partial charge in [-0.3, -0.25) is 4.68 Å². The van der Waals surface area contributed by atoms with Crippen molar-refractivity contribution in [2.24, 2.45) is 7.05 Å². The fraction of sp³-hybridized carbons (Fsp3) is 0.400. The Kier molecular flexibility index (Phi) is 4.78. The van der Waals surface area contributed by atoms with Crippen LogP contribution in [0.4, 0.5) is 4.39 Å². The van der Waals surface area contributed by atoms with E-state index >= 15 is 0 Å². The van der Waals surface area contributed by atoms with E-state index in [1.807, 2.05) is 31.6 Å². The average Bonchev–Trinajstić information content (AvgIpc) is 2.71. The second kappa shape index (κ2) is 6.37. The van der Waals surface area contributed by atoms with Crippen molar-refractivity contribution in [3.8, 4) is 0 Å². The molecule has 0 aliphatic rings. The van der Waals surface area contributed by atoms with Gasteiger partial charge in [-0.05, 0) is 37.2 Å². The minimum absolute atomic E-state index is 0.0431. The topological polar surface area (TPSA) is 29.9 Å². The van der Waals surface area contributed by atoms with Gasteiger partial charge in [-0.25, -0.2) is 4.39 Å². The standard InChI is InChI=1S/C15H19ClFN3/c1-4-18-15(9-12-7-10(2)19-20(12)3)11-5-6-13(16)14(17)8-11/h5-8,15,18H,4,9H2,1-3H3. The smallest absolute Gasteiger partial charge is 0.142 e. The molecule has 2 rings (SSSR count). The predicted octanol–water partition coefficient (Wildman–Crippen LogP) is 3.41. The van der Waals surface area contributed by atoms with E-state index in [-0.39, 0.29) is 16.9 Å². The molecule has 0 radical (unpaired) electrons. The van der Waals surface area contributed by atoms with Crippen LogP contribution in [0.5, 0.6) is 0 Å². The SMILES string of the molecule is CCNC(Cc1cc(C)nn1C)c1ccc(Cl)c(F)c1. The van der Waals surface area contributed by atoms with Crippen molar-refractivity contribution in [2.45, 2.75) is 26.3 Å². The summed E-state index contributed by atoms with van der Waals surface area (Å²) in [6, 6.07) is 7.06. The van der Waals surface area contributed by atoms with Crippen LogP contribution in [0.15, 0.2) is 24.3 Å². The maximum Gasteiger partial charge on any atom is 0.142 e. The molecule has 0 saturated heterocycles. The van der Waals surface area contributed by atoms with Crippen molar-refractivity contribution in [3.63, 3.8) is 0 Å². The molecule has 0 bridgehead atoms. The molecule has 108 valence electrons. The second-order valence-corrected chi connectivity index (χ2v) is 5.30. The minimum Gasteiger partial charge on any atom is -0.310 e. The molecule has 0 spiro atoms. The summed E-state index contributed by atoms with van der Waals surface area (Å²) in [6.07, 6.45) is 0.756. The molecule has 0 aliphatic carbocycles. The molecule has 0 fully saturated rings. The summed E-state index contributed by atoms with van der Waals surface area (Å²) >= 11 is 5.74. The first-order valence-corrected chi connectivity index (χ1v) is 7.07. The third-order valence-corrected chi connectivity index (χ3v) is 3.62. The minimum atomic E-state index is -0.381. The molecule has 1 N–H and O–H groups in total. The number of rotatable bonds is 5. The van der Waals surface area contributed by atoms with Crippen LogP contribution < -0.4 is 5.32 Å². The largest absolute Gasteiger partial charge is 0.310 e. The number of nitrogens with zero attached hydrogens (tertiary/aromatic N) is 2. The molecule has 2 aromatic rings. The van der Waals surface area contributed by atoms with Crippen molar-refractivity contribution in [1.29, 1.82) is 0 Å². The zero-order valence-corrected chi connectivity index (χ0v) is 12.7. The van der Waals surface area contributed by atoms with E-state index < -0.39 is 0 Å². The Morgan fingerprint density at radius 3 is 2.70 bits per heavy atom. The molecule has 1 heterocycles. The maximum absolute atomic E-state index is 13.6. The highest BCUT2D eigenvalue weighted by Crippen LogP contribution is 2.23. The first-order valence-electron chi connectivity index (χ1n) is 6.69. The fourth-order valence-electron chi connectivity index (χ4n) is 2.35. The molecule has 1 atom stereocenters. The van der Waals surface area contributed by atoms with E-state index in [0.717, 1.165) is 29.9 Å². The molecular formula is C15H19ClFN3. The highest BCUT2D eigenvalue weighted by Gasteiger charge is 2.15. The van der Waals surface area contributed by atoms with Crippen LogP contribution in [0.25, 0.3) is 0 Å². The number of hydrogen-bond donors (Lipinski definition) is 1. The van der Waals surface area contributed by atoms with Crippen LogP contribution in [-0.2, 0) is 13.5 Å². The van der Waals surface area contributed by atoms with E-state index in [0.29, 0.717) is 0 Å². The monoisotopic (exact) mass is 295 g/mol. The third kappa shape index (κ3) is 3.38. The van der Waals surface area contributed by atoms with Crippen LogP contribution in [0.1, 0.15) is 29.9 Å². The summed E-state index contributed by atoms with van der Waals surface area (Å²) in [5.74, 6) is -0.381. The van der Waals surface area contributed by atoms with Crippen LogP contribution in [0, 0.1) is 12.7 Å². The lowest BCUT2D eigenvalue weighted by molar-refractivity contribution is 0.524. The predicted molar refractivity (Wildman–Crippen MR) is 79.5 cm³/mol. The summed E-state index contributed by atoms with van der Waals surface area (Å²) in [4.78, 5) is 0. The lowest BCUT2D eigenvalue weighted by Crippen LogP contribution is -2.24. The van der Waals surface area contributed by atoms with Crippen LogP contribution in [0.2, 0.25) is 5.02 Å². The van der Waals surface area contributed by atoms with Gasteiger partial charge in [-0.15, -0.1) is 0 Å². The average molecular weight is 296 g/mol. The molecule has 0 saturated carbocycles. The fourth-order valence-corrected chi connectivity index (χ4v) is 2.47. The summed E-state index contributed by atoms with van der Waals surface area (Å²) in [5.41, 5.74) is 3.00. The van der Waals surface area contributed by atoms with Gasteiger partial charge in [0.25, 0.3) is 0 Å². The lowest BCUT2D eigenvalue weighted by Gasteiger charge is -2.18. The molecule has 1 aromatic heterocycles. The van der Waals surface area contributed by atoms with Crippen molar-refractivity contribution in [1.82, 2.24) is 15.1 Å². The second-order valence-electron chi connectivity index (χ2n) is 4.89. The quantitative estimate of drug-likeness (QED) is 0.916. The van der Waals surface area contributed by atoms with Gasteiger partial charge in [0.1, 0.15) is 5.82 Å². The molecule has 0 aliphatic heterocycles. The van der Waals surface area contributed by atoms with E-state index in [2.05, 4.69) is 16.5 Å². The van der Waals surface area contributed by atoms with Crippen molar-refractivity contribution < 1.29 is 4.39 Å². The lowest BCUT2D eigenvalue weighted by atomic mass is 10.0. The maximum atomic E-state index is 13.6. The van der Waals surface area contributed by atoms with Gasteiger partial charge in [-0.1, -0.05) is 24.6 Å². The van der Waals surface area contributed by atoms with Gasteiger partial charge in [0, 0.05) is 25.2 Å². The van der Waals surface area contributed by atoms with Crippen LogP contribution in [0.3, 0.4) is 0 Å². The Labute approximate surface area is 123 Å². The molecule has 3 nitrogen and oxygen atoms in total. The highest BCUT2D eigenvalue weighted by molar-refractivity contribution is 6.30. The van der Waals surface area contributed by atoms with Crippen LogP contribution >= 0.6 is 11.6 Å². The van der Waals surface area contributed by atoms with E-state index in [1.165, 1.54) is 6.07 Å². The van der Waals surface area contributed by atoms with Crippen molar-refractivity contribution in [2.75, 3.05) is 6.54 Å². The zero-order chi connectivity index (χ0) is 14.7. The molecule has 0 amide bonds. The number of halogens is 2. The Balaban J connectivity index is 2.26. The van der Waals surface area contributed by atoms with Gasteiger partial charge < -0.3 is 5.32 Å². The van der Waals surface area contributed by atoms with E-state index in [4.69, 9.17) is 11.6 Å². The number of hydrogen-bond acceptors (Lipinski definition) is 2. The summed E-state index contributed by atoms with van der Waals surface area (Å²) in [6.45, 7) is 4.81. The Morgan fingerprint density at radius 1 is 1.40 bits per heavy atom. The normalized spacial score (nSPS) is 12.7. The Hall–Kier alpha value is -1.39. The van der Waals surface area contributed by atoms with Gasteiger partial charge in [0.05, 0.1) is 10.7 Å². The Morgan fingerprint density at radius 2 is 2.15 bits per heavy atom. The first kappa shape index (κ1) is 15.0. The number of benzene rings is 1. The number of likely N-dealkylation sites (N-methyl/N-ethyl adjacent to an activating group) is 1. The number of aryl methyl sites for hydroxylation is 2. The van der Waals surface area contributed by atoms with Gasteiger partial charge in [0.15, 0.2) is 0 Å². The summed E-state index contributed by atoms with van der Waals surface area (Å²) in [5, 5.41) is 7.88. The summed E-state index contributed by atoms with van der Waals surface area (Å²) < 4.78 is 15.5. The molecule has 5 heteroatoms. The third-order valence-electron chi connectivity index (χ3n) is 3.31. The summed E-state index contributed by atoms with van der Waals surface area (Å²) in [7, 11) is 1.92. The van der Waals surface area contributed by atoms with E-state index in [1.54, 1.807) is 6.07 Å². The molecule has 20 heavy (non-hydrogen) atoms. The highest BCUT2D eigenvalue weighted by atomic mass is 35.5. The first-order chi connectivity index (χ1) is 9.51. The zero-order valence-electron chi connectivity index (χ0n) is 12.0. The Bertz CT molecular complexity index is 595. The van der Waals surface area contributed by atoms with Crippen molar-refractivity contribution >= 4 is 11.6 Å². The number of aromatic nitrogens is 2. The van der Waals surface area contributed by atoms with Gasteiger partial charge in [-0.2, -0.15) is 5.10 Å². The van der Waals surface area contributed by atoms with Crippen molar-refractivity contribution in [3.05, 3.63) is 52.1 Å². The number of nitrogens with one attached hydrogen (secondary N) is 1. The van der Waals surface area contributed by atoms with Crippen LogP contribution in [-0.4, -0.2) is 16.3 Å². The molecule has 1 unspecified atom stereocenters. The molecular weight excluding hydrogens is 277 g/mol.